The zero-order valence-corrected chi connectivity index (χ0v) is 21.3. The van der Waals surface area contributed by atoms with E-state index in [4.69, 9.17) is 4.74 Å². The van der Waals surface area contributed by atoms with Crippen molar-refractivity contribution < 1.29 is 19.1 Å². The second-order valence-corrected chi connectivity index (χ2v) is 10.2. The van der Waals surface area contributed by atoms with Crippen molar-refractivity contribution in [3.05, 3.63) is 34.9 Å². The van der Waals surface area contributed by atoms with Crippen molar-refractivity contribution in [2.75, 3.05) is 7.05 Å². The number of hydrogen-bond acceptors (Lipinski definition) is 4. The van der Waals surface area contributed by atoms with Crippen molar-refractivity contribution in [3.8, 4) is 0 Å². The van der Waals surface area contributed by atoms with E-state index in [9.17, 15) is 14.4 Å². The Labute approximate surface area is 193 Å². The van der Waals surface area contributed by atoms with E-state index in [0.29, 0.717) is 6.42 Å². The van der Waals surface area contributed by atoms with E-state index in [1.165, 1.54) is 4.90 Å². The summed E-state index contributed by atoms with van der Waals surface area (Å²) < 4.78 is 5.35. The standard InChI is InChI=1S/C25H41N3O4/c1-15(2)13-20(27-24(31)32-25(7,8)9)23(30)28(10)21(22(29)26-16(3)4)19-12-11-17(5)18(6)14-19/h11-12,14-16,20-21H,13H2,1-10H3,(H,26,29)(H,27,31). The summed E-state index contributed by atoms with van der Waals surface area (Å²) in [6.07, 6.45) is -0.229. The van der Waals surface area contributed by atoms with Crippen LogP contribution in [-0.2, 0) is 14.3 Å². The molecule has 2 atom stereocenters. The number of ether oxygens (including phenoxy) is 1. The van der Waals surface area contributed by atoms with Gasteiger partial charge >= 0.3 is 6.09 Å². The molecule has 0 aromatic heterocycles. The summed E-state index contributed by atoms with van der Waals surface area (Å²) in [5.41, 5.74) is 2.19. The first-order valence-electron chi connectivity index (χ1n) is 11.3. The van der Waals surface area contributed by atoms with Crippen LogP contribution in [0.5, 0.6) is 0 Å². The highest BCUT2D eigenvalue weighted by atomic mass is 16.6. The lowest BCUT2D eigenvalue weighted by molar-refractivity contribution is -0.141. The van der Waals surface area contributed by atoms with Crippen molar-refractivity contribution in [1.29, 1.82) is 0 Å². The molecule has 180 valence electrons. The molecule has 1 aromatic carbocycles. The van der Waals surface area contributed by atoms with Gasteiger partial charge in [-0.1, -0.05) is 32.0 Å². The molecule has 1 rings (SSSR count). The Balaban J connectivity index is 3.28. The molecule has 1 aromatic rings. The topological polar surface area (TPSA) is 87.7 Å². The second kappa shape index (κ2) is 11.3. The molecule has 0 aliphatic heterocycles. The fourth-order valence-corrected chi connectivity index (χ4v) is 3.36. The predicted molar refractivity (Wildman–Crippen MR) is 127 cm³/mol. The molecule has 0 heterocycles. The van der Waals surface area contributed by atoms with E-state index in [1.807, 2.05) is 59.7 Å². The summed E-state index contributed by atoms with van der Waals surface area (Å²) in [5.74, 6) is -0.455. The van der Waals surface area contributed by atoms with Crippen LogP contribution in [-0.4, -0.2) is 47.5 Å². The largest absolute Gasteiger partial charge is 0.444 e. The van der Waals surface area contributed by atoms with Crippen molar-refractivity contribution in [2.45, 2.75) is 92.5 Å². The second-order valence-electron chi connectivity index (χ2n) is 10.2. The molecule has 3 amide bonds. The fraction of sp³-hybridized carbons (Fsp3) is 0.640. The number of likely N-dealkylation sites (N-methyl/N-ethyl adjacent to an activating group) is 1. The lowest BCUT2D eigenvalue weighted by Crippen LogP contribution is -2.52. The highest BCUT2D eigenvalue weighted by Crippen LogP contribution is 2.24. The summed E-state index contributed by atoms with van der Waals surface area (Å²) in [6.45, 7) is 17.0. The average Bonchev–Trinajstić information content (AvgIpc) is 2.61. The number of hydrogen-bond donors (Lipinski definition) is 2. The third kappa shape index (κ3) is 8.52. The first kappa shape index (κ1) is 27.5. The van der Waals surface area contributed by atoms with E-state index in [1.54, 1.807) is 27.8 Å². The molecule has 0 saturated heterocycles. The van der Waals surface area contributed by atoms with Crippen LogP contribution in [0.2, 0.25) is 0 Å². The van der Waals surface area contributed by atoms with Gasteiger partial charge in [0.05, 0.1) is 0 Å². The number of carbonyl (C=O) groups excluding carboxylic acids is 3. The first-order chi connectivity index (χ1) is 14.6. The van der Waals surface area contributed by atoms with Crippen LogP contribution in [0.4, 0.5) is 4.79 Å². The highest BCUT2D eigenvalue weighted by Gasteiger charge is 2.34. The number of nitrogens with zero attached hydrogens (tertiary/aromatic N) is 1. The molecular formula is C25H41N3O4. The summed E-state index contributed by atoms with van der Waals surface area (Å²) in [7, 11) is 1.60. The normalized spacial score (nSPS) is 13.5. The number of aryl methyl sites for hydroxylation is 2. The van der Waals surface area contributed by atoms with E-state index in [0.717, 1.165) is 16.7 Å². The monoisotopic (exact) mass is 447 g/mol. The summed E-state index contributed by atoms with van der Waals surface area (Å²) in [4.78, 5) is 40.5. The highest BCUT2D eigenvalue weighted by molar-refractivity contribution is 5.92. The minimum atomic E-state index is -0.820. The Bertz CT molecular complexity index is 812. The maximum Gasteiger partial charge on any atom is 0.408 e. The zero-order valence-electron chi connectivity index (χ0n) is 21.3. The lowest BCUT2D eigenvalue weighted by Gasteiger charge is -2.32. The van der Waals surface area contributed by atoms with E-state index in [2.05, 4.69) is 10.6 Å². The van der Waals surface area contributed by atoms with Gasteiger partial charge in [0.15, 0.2) is 0 Å². The van der Waals surface area contributed by atoms with Crippen molar-refractivity contribution in [2.24, 2.45) is 5.92 Å². The van der Waals surface area contributed by atoms with Gasteiger partial charge in [-0.3, -0.25) is 9.59 Å². The summed E-state index contributed by atoms with van der Waals surface area (Å²) in [5, 5.41) is 5.63. The molecule has 0 aliphatic carbocycles. The SMILES string of the molecule is Cc1ccc(C(C(=O)NC(C)C)N(C)C(=O)C(CC(C)C)NC(=O)OC(C)(C)C)cc1C. The van der Waals surface area contributed by atoms with Crippen LogP contribution in [0.15, 0.2) is 18.2 Å². The zero-order chi connectivity index (χ0) is 24.8. The quantitative estimate of drug-likeness (QED) is 0.623. The number of benzene rings is 1. The number of rotatable bonds is 8. The molecule has 7 heteroatoms. The van der Waals surface area contributed by atoms with Crippen molar-refractivity contribution >= 4 is 17.9 Å². The molecule has 2 unspecified atom stereocenters. The van der Waals surface area contributed by atoms with E-state index < -0.39 is 23.8 Å². The molecule has 0 spiro atoms. The van der Waals surface area contributed by atoms with Gasteiger partial charge in [-0.05, 0) is 77.5 Å². The summed E-state index contributed by atoms with van der Waals surface area (Å²) in [6, 6.07) is 4.04. The van der Waals surface area contributed by atoms with E-state index >= 15 is 0 Å². The average molecular weight is 448 g/mol. The minimum Gasteiger partial charge on any atom is -0.444 e. The molecule has 7 nitrogen and oxygen atoms in total. The molecular weight excluding hydrogens is 406 g/mol. The molecule has 0 saturated carbocycles. The maximum absolute atomic E-state index is 13.5. The van der Waals surface area contributed by atoms with Gasteiger partial charge in [0, 0.05) is 13.1 Å². The van der Waals surface area contributed by atoms with Crippen LogP contribution in [0, 0.1) is 19.8 Å². The molecule has 2 N–H and O–H groups in total. The maximum atomic E-state index is 13.5. The Kier molecular flexibility index (Phi) is 9.73. The van der Waals surface area contributed by atoms with Gasteiger partial charge in [0.1, 0.15) is 17.7 Å². The smallest absolute Gasteiger partial charge is 0.408 e. The first-order valence-corrected chi connectivity index (χ1v) is 11.3. The number of alkyl carbamates (subject to hydrolysis) is 1. The molecule has 0 radical (unpaired) electrons. The van der Waals surface area contributed by atoms with Crippen LogP contribution in [0.3, 0.4) is 0 Å². The number of nitrogens with one attached hydrogen (secondary N) is 2. The van der Waals surface area contributed by atoms with Crippen molar-refractivity contribution in [1.82, 2.24) is 15.5 Å². The van der Waals surface area contributed by atoms with Gasteiger partial charge in [-0.25, -0.2) is 4.79 Å². The van der Waals surface area contributed by atoms with Gasteiger partial charge in [0.2, 0.25) is 11.8 Å². The predicted octanol–water partition coefficient (Wildman–Crippen LogP) is 4.27. The van der Waals surface area contributed by atoms with Crippen molar-refractivity contribution in [3.63, 3.8) is 0 Å². The van der Waals surface area contributed by atoms with Crippen LogP contribution in [0.25, 0.3) is 0 Å². The van der Waals surface area contributed by atoms with Gasteiger partial charge in [0.25, 0.3) is 0 Å². The Morgan fingerprint density at radius 3 is 2.06 bits per heavy atom. The number of carbonyl (C=O) groups is 3. The third-order valence-corrected chi connectivity index (χ3v) is 4.96. The third-order valence-electron chi connectivity index (χ3n) is 4.96. The van der Waals surface area contributed by atoms with Crippen LogP contribution < -0.4 is 10.6 Å². The Morgan fingerprint density at radius 1 is 1.00 bits per heavy atom. The molecule has 0 bridgehead atoms. The van der Waals surface area contributed by atoms with Gasteiger partial charge in [-0.2, -0.15) is 0 Å². The Hall–Kier alpha value is -2.57. The minimum absolute atomic E-state index is 0.0774. The lowest BCUT2D eigenvalue weighted by atomic mass is 9.97. The van der Waals surface area contributed by atoms with E-state index in [-0.39, 0.29) is 23.8 Å². The van der Waals surface area contributed by atoms with Gasteiger partial charge < -0.3 is 20.3 Å². The van der Waals surface area contributed by atoms with Gasteiger partial charge in [-0.15, -0.1) is 0 Å². The summed E-state index contributed by atoms with van der Waals surface area (Å²) >= 11 is 0. The molecule has 0 fully saturated rings. The molecule has 32 heavy (non-hydrogen) atoms. The Morgan fingerprint density at radius 2 is 1.59 bits per heavy atom. The van der Waals surface area contributed by atoms with Crippen LogP contribution >= 0.6 is 0 Å². The fourth-order valence-electron chi connectivity index (χ4n) is 3.36. The molecule has 0 aliphatic rings. The van der Waals surface area contributed by atoms with Crippen LogP contribution in [0.1, 0.15) is 77.6 Å². The number of amides is 3.